The number of esters is 1. The number of nitrogens with one attached hydrogen (secondary N) is 1. The fraction of sp³-hybridized carbons (Fsp3) is 0.900. The number of likely N-dealkylation sites (N-methyl/N-ethyl adjacent to an activating group) is 1. The van der Waals surface area contributed by atoms with E-state index in [1.165, 1.54) is 7.11 Å². The molecule has 0 saturated heterocycles. The topological polar surface area (TPSA) is 58.6 Å². The molecule has 4 nitrogen and oxygen atoms in total. The van der Waals surface area contributed by atoms with Crippen molar-refractivity contribution in [1.82, 2.24) is 5.32 Å². The molecule has 2 atom stereocenters. The molecule has 2 N–H and O–H groups in total. The van der Waals surface area contributed by atoms with Crippen molar-refractivity contribution in [3.8, 4) is 0 Å². The van der Waals surface area contributed by atoms with E-state index in [4.69, 9.17) is 9.84 Å². The average Bonchev–Trinajstić information content (AvgIpc) is 2.27. The largest absolute Gasteiger partial charge is 0.468 e. The Morgan fingerprint density at radius 3 is 2.67 bits per heavy atom. The van der Waals surface area contributed by atoms with Crippen LogP contribution in [0.1, 0.15) is 13.8 Å². The summed E-state index contributed by atoms with van der Waals surface area (Å²) in [5.74, 6) is 1.48. The van der Waals surface area contributed by atoms with Crippen molar-refractivity contribution in [3.05, 3.63) is 0 Å². The van der Waals surface area contributed by atoms with Crippen LogP contribution in [-0.2, 0) is 9.53 Å². The van der Waals surface area contributed by atoms with Crippen LogP contribution in [-0.4, -0.2) is 48.9 Å². The van der Waals surface area contributed by atoms with Gasteiger partial charge in [-0.3, -0.25) is 4.79 Å². The molecule has 0 rings (SSSR count). The summed E-state index contributed by atoms with van der Waals surface area (Å²) in [4.78, 5) is 11.5. The highest BCUT2D eigenvalue weighted by Gasteiger charge is 2.32. The molecule has 0 fully saturated rings. The summed E-state index contributed by atoms with van der Waals surface area (Å²) in [5, 5.41) is 11.8. The normalized spacial score (nSPS) is 16.9. The number of aliphatic hydroxyl groups is 1. The number of carbonyl (C=O) groups excluding carboxylic acids is 1. The molecule has 0 radical (unpaired) electrons. The average molecular weight is 235 g/mol. The van der Waals surface area contributed by atoms with Gasteiger partial charge in [-0.15, -0.1) is 0 Å². The molecule has 0 aliphatic carbocycles. The smallest absolute Gasteiger partial charge is 0.326 e. The lowest BCUT2D eigenvalue weighted by Crippen LogP contribution is -2.50. The van der Waals surface area contributed by atoms with E-state index in [1.54, 1.807) is 18.8 Å². The van der Waals surface area contributed by atoms with Crippen LogP contribution in [0, 0.1) is 5.92 Å². The van der Waals surface area contributed by atoms with Crippen LogP contribution in [0.4, 0.5) is 0 Å². The van der Waals surface area contributed by atoms with Crippen LogP contribution in [0.5, 0.6) is 0 Å². The summed E-state index contributed by atoms with van der Waals surface area (Å²) in [7, 11) is 3.13. The second-order valence-corrected chi connectivity index (χ2v) is 4.91. The fourth-order valence-electron chi connectivity index (χ4n) is 0.975. The first-order valence-corrected chi connectivity index (χ1v) is 6.11. The summed E-state index contributed by atoms with van der Waals surface area (Å²) < 4.78 is 4.73. The Hall–Kier alpha value is -0.260. The Morgan fingerprint density at radius 1 is 1.67 bits per heavy atom. The zero-order valence-electron chi connectivity index (χ0n) is 9.87. The van der Waals surface area contributed by atoms with Gasteiger partial charge in [-0.25, -0.2) is 0 Å². The van der Waals surface area contributed by atoms with Gasteiger partial charge in [0.1, 0.15) is 5.54 Å². The minimum Gasteiger partial charge on any atom is -0.468 e. The Labute approximate surface area is 95.8 Å². The summed E-state index contributed by atoms with van der Waals surface area (Å²) >= 11 is 1.64. The minimum absolute atomic E-state index is 0.182. The summed E-state index contributed by atoms with van der Waals surface area (Å²) in [6.45, 7) is 3.97. The van der Waals surface area contributed by atoms with Gasteiger partial charge < -0.3 is 15.2 Å². The molecule has 0 aromatic carbocycles. The van der Waals surface area contributed by atoms with E-state index in [0.29, 0.717) is 5.75 Å². The van der Waals surface area contributed by atoms with Gasteiger partial charge in [-0.1, -0.05) is 6.92 Å². The number of methoxy groups -OCH3 is 1. The Kier molecular flexibility index (Phi) is 6.96. The maximum absolute atomic E-state index is 11.5. The maximum atomic E-state index is 11.5. The number of ether oxygens (including phenoxy) is 1. The van der Waals surface area contributed by atoms with Crippen molar-refractivity contribution < 1.29 is 14.6 Å². The van der Waals surface area contributed by atoms with E-state index < -0.39 is 5.54 Å². The van der Waals surface area contributed by atoms with Crippen LogP contribution in [0.25, 0.3) is 0 Å². The Bertz CT molecular complexity index is 201. The Morgan fingerprint density at radius 2 is 2.27 bits per heavy atom. The first kappa shape index (κ1) is 14.7. The third kappa shape index (κ3) is 4.86. The molecule has 2 unspecified atom stereocenters. The standard InChI is InChI=1S/C10H21NO3S/c1-8(5-12)6-15-7-10(2,11-3)9(13)14-4/h8,11-12H,5-7H2,1-4H3. The summed E-state index contributed by atoms with van der Waals surface area (Å²) in [6, 6.07) is 0. The van der Waals surface area contributed by atoms with Gasteiger partial charge in [0.15, 0.2) is 0 Å². The monoisotopic (exact) mass is 235 g/mol. The molecule has 5 heteroatoms. The van der Waals surface area contributed by atoms with Crippen LogP contribution in [0.3, 0.4) is 0 Å². The van der Waals surface area contributed by atoms with Crippen LogP contribution in [0.15, 0.2) is 0 Å². The molecule has 0 bridgehead atoms. The van der Waals surface area contributed by atoms with Crippen LogP contribution in [0.2, 0.25) is 0 Å². The highest BCUT2D eigenvalue weighted by molar-refractivity contribution is 7.99. The van der Waals surface area contributed by atoms with Gasteiger partial charge in [-0.05, 0) is 25.6 Å². The Balaban J connectivity index is 4.04. The molecule has 15 heavy (non-hydrogen) atoms. The lowest BCUT2D eigenvalue weighted by atomic mass is 10.1. The predicted molar refractivity (Wildman–Crippen MR) is 63.1 cm³/mol. The van der Waals surface area contributed by atoms with Gasteiger partial charge >= 0.3 is 5.97 Å². The second-order valence-electron chi connectivity index (χ2n) is 3.88. The van der Waals surface area contributed by atoms with E-state index in [1.807, 2.05) is 13.8 Å². The zero-order valence-corrected chi connectivity index (χ0v) is 10.7. The van der Waals surface area contributed by atoms with E-state index in [-0.39, 0.29) is 18.5 Å². The third-order valence-corrected chi connectivity index (χ3v) is 3.88. The molecule has 0 spiro atoms. The first-order valence-electron chi connectivity index (χ1n) is 4.96. The van der Waals surface area contributed by atoms with E-state index in [2.05, 4.69) is 5.32 Å². The van der Waals surface area contributed by atoms with Gasteiger partial charge in [0.2, 0.25) is 0 Å². The SMILES string of the molecule is CNC(C)(CSCC(C)CO)C(=O)OC. The molecule has 0 amide bonds. The fourth-order valence-corrected chi connectivity index (χ4v) is 2.27. The molecule has 0 aliphatic rings. The first-order chi connectivity index (χ1) is 7.00. The van der Waals surface area contributed by atoms with Gasteiger partial charge in [-0.2, -0.15) is 11.8 Å². The number of aliphatic hydroxyl groups excluding tert-OH is 1. The quantitative estimate of drug-likeness (QED) is 0.629. The van der Waals surface area contributed by atoms with Crippen molar-refractivity contribution in [3.63, 3.8) is 0 Å². The molecule has 0 aliphatic heterocycles. The minimum atomic E-state index is -0.644. The van der Waals surface area contributed by atoms with Gasteiger partial charge in [0.05, 0.1) is 7.11 Å². The molecular weight excluding hydrogens is 214 g/mol. The van der Waals surface area contributed by atoms with Crippen molar-refractivity contribution in [2.45, 2.75) is 19.4 Å². The van der Waals surface area contributed by atoms with Crippen molar-refractivity contribution in [2.75, 3.05) is 32.3 Å². The summed E-state index contributed by atoms with van der Waals surface area (Å²) in [6.07, 6.45) is 0. The second kappa shape index (κ2) is 7.09. The van der Waals surface area contributed by atoms with Crippen molar-refractivity contribution >= 4 is 17.7 Å². The summed E-state index contributed by atoms with van der Waals surface area (Å²) in [5.41, 5.74) is -0.644. The van der Waals surface area contributed by atoms with Crippen molar-refractivity contribution in [2.24, 2.45) is 5.92 Å². The van der Waals surface area contributed by atoms with E-state index in [9.17, 15) is 4.79 Å². The third-order valence-electron chi connectivity index (χ3n) is 2.29. The predicted octanol–water partition coefficient (Wildman–Crippen LogP) is 0.499. The lowest BCUT2D eigenvalue weighted by Gasteiger charge is -2.25. The number of hydrogen-bond donors (Lipinski definition) is 2. The maximum Gasteiger partial charge on any atom is 0.326 e. The number of rotatable bonds is 7. The molecule has 0 saturated carbocycles. The lowest BCUT2D eigenvalue weighted by molar-refractivity contribution is -0.146. The van der Waals surface area contributed by atoms with Gasteiger partial charge in [0, 0.05) is 12.4 Å². The van der Waals surface area contributed by atoms with Crippen molar-refractivity contribution in [1.29, 1.82) is 0 Å². The molecule has 0 aromatic rings. The molecule has 90 valence electrons. The highest BCUT2D eigenvalue weighted by atomic mass is 32.2. The highest BCUT2D eigenvalue weighted by Crippen LogP contribution is 2.17. The number of thioether (sulfide) groups is 1. The molecular formula is C10H21NO3S. The van der Waals surface area contributed by atoms with Gasteiger partial charge in [0.25, 0.3) is 0 Å². The number of hydrogen-bond acceptors (Lipinski definition) is 5. The van der Waals surface area contributed by atoms with Crippen LogP contribution < -0.4 is 5.32 Å². The van der Waals surface area contributed by atoms with E-state index in [0.717, 1.165) is 5.75 Å². The molecule has 0 heterocycles. The van der Waals surface area contributed by atoms with E-state index >= 15 is 0 Å². The number of carbonyl (C=O) groups is 1. The molecule has 0 aromatic heterocycles. The van der Waals surface area contributed by atoms with Crippen LogP contribution >= 0.6 is 11.8 Å². The zero-order chi connectivity index (χ0) is 11.9.